The Balaban J connectivity index is 1.56. The molecule has 0 spiro atoms. The number of sulfone groups is 1. The van der Waals surface area contributed by atoms with Crippen LogP contribution in [0.3, 0.4) is 0 Å². The van der Waals surface area contributed by atoms with Crippen molar-refractivity contribution in [3.8, 4) is 0 Å². The van der Waals surface area contributed by atoms with Gasteiger partial charge in [-0.3, -0.25) is 4.79 Å². The highest BCUT2D eigenvalue weighted by atomic mass is 32.2. The van der Waals surface area contributed by atoms with Crippen molar-refractivity contribution in [2.75, 3.05) is 36.8 Å². The molecule has 1 fully saturated rings. The molecular formula is C17H22N2O3S. The van der Waals surface area contributed by atoms with Crippen molar-refractivity contribution in [3.63, 3.8) is 0 Å². The second-order valence-electron chi connectivity index (χ2n) is 6.18. The van der Waals surface area contributed by atoms with Gasteiger partial charge in [0.2, 0.25) is 5.91 Å². The number of nitrogens with zero attached hydrogens (tertiary/aromatic N) is 2. The summed E-state index contributed by atoms with van der Waals surface area (Å²) in [6, 6.07) is 10.2. The highest BCUT2D eigenvalue weighted by molar-refractivity contribution is 7.94. The lowest BCUT2D eigenvalue weighted by Crippen LogP contribution is -2.36. The van der Waals surface area contributed by atoms with Crippen LogP contribution in [0.2, 0.25) is 0 Å². The van der Waals surface area contributed by atoms with E-state index in [9.17, 15) is 13.2 Å². The minimum atomic E-state index is -3.08. The molecule has 5 nitrogen and oxygen atoms in total. The van der Waals surface area contributed by atoms with Gasteiger partial charge in [0, 0.05) is 49.6 Å². The fraction of sp³-hybridized carbons (Fsp3) is 0.471. The maximum atomic E-state index is 12.4. The molecule has 1 amide bonds. The lowest BCUT2D eigenvalue weighted by Gasteiger charge is -2.24. The van der Waals surface area contributed by atoms with Crippen molar-refractivity contribution in [2.45, 2.75) is 12.8 Å². The molecule has 3 rings (SSSR count). The summed E-state index contributed by atoms with van der Waals surface area (Å²) < 4.78 is 22.9. The molecule has 6 heteroatoms. The van der Waals surface area contributed by atoms with E-state index in [-0.39, 0.29) is 17.6 Å². The zero-order valence-corrected chi connectivity index (χ0v) is 13.9. The quantitative estimate of drug-likeness (QED) is 0.844. The Morgan fingerprint density at radius 3 is 2.57 bits per heavy atom. The number of rotatable bonds is 3. The molecule has 23 heavy (non-hydrogen) atoms. The Hall–Kier alpha value is -1.82. The van der Waals surface area contributed by atoms with E-state index in [0.29, 0.717) is 13.0 Å². The number of carbonyl (C=O) groups is 1. The summed E-state index contributed by atoms with van der Waals surface area (Å²) >= 11 is 0. The molecule has 2 aliphatic heterocycles. The fourth-order valence-corrected chi connectivity index (χ4v) is 4.58. The van der Waals surface area contributed by atoms with E-state index in [2.05, 4.69) is 17.0 Å². The van der Waals surface area contributed by atoms with E-state index in [1.165, 1.54) is 11.1 Å². The SMILES string of the molecule is O=C(C[C@@H]1C=CS(=O)(=O)C1)N1CCCN(c2ccccc2)CC1. The average Bonchev–Trinajstić information content (AvgIpc) is 2.76. The first-order valence-electron chi connectivity index (χ1n) is 8.02. The van der Waals surface area contributed by atoms with Gasteiger partial charge in [0.05, 0.1) is 5.75 Å². The highest BCUT2D eigenvalue weighted by Gasteiger charge is 2.26. The number of amides is 1. The molecule has 124 valence electrons. The number of allylic oxidation sites excluding steroid dienone is 1. The predicted octanol–water partition coefficient (Wildman–Crippen LogP) is 1.67. The molecule has 0 saturated carbocycles. The summed E-state index contributed by atoms with van der Waals surface area (Å²) in [6.07, 6.45) is 2.88. The topological polar surface area (TPSA) is 57.7 Å². The molecule has 0 radical (unpaired) electrons. The monoisotopic (exact) mass is 334 g/mol. The molecule has 0 aliphatic carbocycles. The Morgan fingerprint density at radius 2 is 1.87 bits per heavy atom. The molecule has 1 aromatic carbocycles. The smallest absolute Gasteiger partial charge is 0.223 e. The fourth-order valence-electron chi connectivity index (χ4n) is 3.18. The minimum absolute atomic E-state index is 0.0617. The lowest BCUT2D eigenvalue weighted by atomic mass is 10.1. The molecule has 2 aliphatic rings. The van der Waals surface area contributed by atoms with E-state index in [4.69, 9.17) is 0 Å². The number of para-hydroxylation sites is 1. The Bertz CT molecular complexity index is 685. The summed E-state index contributed by atoms with van der Waals surface area (Å²) in [5, 5.41) is 1.24. The van der Waals surface area contributed by atoms with Gasteiger partial charge in [-0.2, -0.15) is 0 Å². The van der Waals surface area contributed by atoms with Crippen molar-refractivity contribution < 1.29 is 13.2 Å². The zero-order chi connectivity index (χ0) is 16.3. The van der Waals surface area contributed by atoms with Crippen LogP contribution in [-0.2, 0) is 14.6 Å². The van der Waals surface area contributed by atoms with Gasteiger partial charge in [-0.05, 0) is 18.6 Å². The predicted molar refractivity (Wildman–Crippen MR) is 90.9 cm³/mol. The van der Waals surface area contributed by atoms with Gasteiger partial charge in [-0.25, -0.2) is 8.42 Å². The first-order chi connectivity index (χ1) is 11.0. The molecule has 1 atom stereocenters. The van der Waals surface area contributed by atoms with Crippen LogP contribution in [0.5, 0.6) is 0 Å². The number of hydrogen-bond donors (Lipinski definition) is 0. The summed E-state index contributed by atoms with van der Waals surface area (Å²) in [5.41, 5.74) is 1.19. The number of benzene rings is 1. The second kappa shape index (κ2) is 6.74. The van der Waals surface area contributed by atoms with Gasteiger partial charge >= 0.3 is 0 Å². The number of carbonyl (C=O) groups excluding carboxylic acids is 1. The summed E-state index contributed by atoms with van der Waals surface area (Å²) in [5.74, 6) is -0.0319. The second-order valence-corrected chi connectivity index (χ2v) is 8.11. The lowest BCUT2D eigenvalue weighted by molar-refractivity contribution is -0.131. The van der Waals surface area contributed by atoms with Crippen LogP contribution < -0.4 is 4.90 Å². The van der Waals surface area contributed by atoms with Crippen molar-refractivity contribution >= 4 is 21.4 Å². The largest absolute Gasteiger partial charge is 0.370 e. The van der Waals surface area contributed by atoms with E-state index >= 15 is 0 Å². The minimum Gasteiger partial charge on any atom is -0.370 e. The normalized spacial score (nSPS) is 23.7. The number of anilines is 1. The standard InChI is InChI=1S/C17H22N2O3S/c20-17(13-15-7-12-23(21,22)14-15)19-9-4-8-18(10-11-19)16-5-2-1-3-6-16/h1-3,5-7,12,15H,4,8-11,13-14H2/t15-/m0/s1. The third-order valence-corrected chi connectivity index (χ3v) is 5.88. The van der Waals surface area contributed by atoms with Crippen molar-refractivity contribution in [3.05, 3.63) is 41.8 Å². The van der Waals surface area contributed by atoms with E-state index < -0.39 is 9.84 Å². The van der Waals surface area contributed by atoms with Gasteiger partial charge in [-0.1, -0.05) is 24.3 Å². The van der Waals surface area contributed by atoms with Gasteiger partial charge in [0.15, 0.2) is 9.84 Å². The summed E-state index contributed by atoms with van der Waals surface area (Å²) in [4.78, 5) is 16.6. The van der Waals surface area contributed by atoms with E-state index in [1.54, 1.807) is 6.08 Å². The van der Waals surface area contributed by atoms with E-state index in [0.717, 1.165) is 26.1 Å². The van der Waals surface area contributed by atoms with Gasteiger partial charge in [-0.15, -0.1) is 0 Å². The molecular weight excluding hydrogens is 312 g/mol. The first-order valence-corrected chi connectivity index (χ1v) is 9.74. The van der Waals surface area contributed by atoms with Crippen molar-refractivity contribution in [1.82, 2.24) is 4.90 Å². The maximum Gasteiger partial charge on any atom is 0.223 e. The van der Waals surface area contributed by atoms with Crippen LogP contribution in [0.4, 0.5) is 5.69 Å². The number of hydrogen-bond acceptors (Lipinski definition) is 4. The van der Waals surface area contributed by atoms with Gasteiger partial charge in [0.25, 0.3) is 0 Å². The molecule has 1 aromatic rings. The van der Waals surface area contributed by atoms with E-state index in [1.807, 2.05) is 23.1 Å². The van der Waals surface area contributed by atoms with Crippen LogP contribution in [-0.4, -0.2) is 51.2 Å². The zero-order valence-electron chi connectivity index (χ0n) is 13.1. The van der Waals surface area contributed by atoms with Gasteiger partial charge in [0.1, 0.15) is 0 Å². The Kier molecular flexibility index (Phi) is 4.71. The summed E-state index contributed by atoms with van der Waals surface area (Å²) in [7, 11) is -3.08. The maximum absolute atomic E-state index is 12.4. The van der Waals surface area contributed by atoms with Crippen LogP contribution in [0, 0.1) is 5.92 Å². The molecule has 1 saturated heterocycles. The summed E-state index contributed by atoms with van der Waals surface area (Å²) in [6.45, 7) is 3.18. The molecule has 0 unspecified atom stereocenters. The van der Waals surface area contributed by atoms with Gasteiger partial charge < -0.3 is 9.80 Å². The van der Waals surface area contributed by atoms with Crippen molar-refractivity contribution in [2.24, 2.45) is 5.92 Å². The van der Waals surface area contributed by atoms with Crippen LogP contribution in [0.15, 0.2) is 41.8 Å². The highest BCUT2D eigenvalue weighted by Crippen LogP contribution is 2.21. The molecule has 0 aromatic heterocycles. The molecule has 0 N–H and O–H groups in total. The van der Waals surface area contributed by atoms with Crippen LogP contribution in [0.25, 0.3) is 0 Å². The average molecular weight is 334 g/mol. The Morgan fingerprint density at radius 1 is 1.09 bits per heavy atom. The molecule has 0 bridgehead atoms. The first kappa shape index (κ1) is 16.1. The third-order valence-electron chi connectivity index (χ3n) is 4.41. The van der Waals surface area contributed by atoms with Crippen LogP contribution >= 0.6 is 0 Å². The Labute approximate surface area is 137 Å². The third kappa shape index (κ3) is 4.13. The van der Waals surface area contributed by atoms with Crippen molar-refractivity contribution in [1.29, 1.82) is 0 Å². The molecule has 2 heterocycles. The van der Waals surface area contributed by atoms with Crippen LogP contribution in [0.1, 0.15) is 12.8 Å².